The van der Waals surface area contributed by atoms with Crippen molar-refractivity contribution >= 4 is 7.12 Å². The standard InChI is InChI=1S/C8H11BO3/c1-11-12-9(10)7-8-5-3-2-4-6-8/h2-6,10H,7H2,1H3. The van der Waals surface area contributed by atoms with Gasteiger partial charge in [0.15, 0.2) is 0 Å². The van der Waals surface area contributed by atoms with Crippen molar-refractivity contribution in [3.05, 3.63) is 35.9 Å². The predicted molar refractivity (Wildman–Crippen MR) is 46.2 cm³/mol. The molecule has 12 heavy (non-hydrogen) atoms. The molecule has 0 saturated heterocycles. The minimum absolute atomic E-state index is 0.439. The Bertz CT molecular complexity index is 215. The Hall–Kier alpha value is -0.835. The molecule has 4 heteroatoms. The average molecular weight is 166 g/mol. The molecule has 0 aliphatic heterocycles. The van der Waals surface area contributed by atoms with Gasteiger partial charge in [-0.1, -0.05) is 30.3 Å². The van der Waals surface area contributed by atoms with E-state index in [1.807, 2.05) is 30.3 Å². The van der Waals surface area contributed by atoms with Gasteiger partial charge in [-0.15, -0.1) is 0 Å². The molecule has 0 amide bonds. The van der Waals surface area contributed by atoms with E-state index in [0.717, 1.165) is 5.56 Å². The van der Waals surface area contributed by atoms with Crippen LogP contribution in [0.3, 0.4) is 0 Å². The fourth-order valence-corrected chi connectivity index (χ4v) is 0.961. The molecule has 0 atom stereocenters. The summed E-state index contributed by atoms with van der Waals surface area (Å²) in [5.41, 5.74) is 1.02. The molecular weight excluding hydrogens is 155 g/mol. The molecule has 0 unspecified atom stereocenters. The minimum Gasteiger partial charge on any atom is -0.425 e. The number of hydrogen-bond donors (Lipinski definition) is 1. The van der Waals surface area contributed by atoms with Crippen LogP contribution in [-0.2, 0) is 16.0 Å². The Kier molecular flexibility index (Phi) is 3.80. The third kappa shape index (κ3) is 3.05. The molecular formula is C8H11BO3. The van der Waals surface area contributed by atoms with Crippen molar-refractivity contribution < 1.29 is 14.7 Å². The van der Waals surface area contributed by atoms with Crippen LogP contribution >= 0.6 is 0 Å². The van der Waals surface area contributed by atoms with Gasteiger partial charge >= 0.3 is 7.12 Å². The monoisotopic (exact) mass is 166 g/mol. The van der Waals surface area contributed by atoms with Crippen LogP contribution < -0.4 is 0 Å². The molecule has 0 aliphatic carbocycles. The Labute approximate surface area is 72.0 Å². The molecule has 0 aliphatic rings. The Morgan fingerprint density at radius 1 is 1.33 bits per heavy atom. The van der Waals surface area contributed by atoms with Crippen LogP contribution in [-0.4, -0.2) is 19.3 Å². The van der Waals surface area contributed by atoms with Gasteiger partial charge in [0.1, 0.15) is 0 Å². The van der Waals surface area contributed by atoms with Gasteiger partial charge in [-0.05, 0) is 5.56 Å². The molecule has 0 fully saturated rings. The minimum atomic E-state index is -0.891. The fraction of sp³-hybridized carbons (Fsp3) is 0.250. The van der Waals surface area contributed by atoms with Gasteiger partial charge in [0, 0.05) is 6.32 Å². The quantitative estimate of drug-likeness (QED) is 0.409. The maximum atomic E-state index is 9.16. The van der Waals surface area contributed by atoms with E-state index in [2.05, 4.69) is 9.69 Å². The van der Waals surface area contributed by atoms with E-state index < -0.39 is 7.12 Å². The van der Waals surface area contributed by atoms with Crippen LogP contribution in [0.25, 0.3) is 0 Å². The summed E-state index contributed by atoms with van der Waals surface area (Å²) in [6, 6.07) is 9.58. The van der Waals surface area contributed by atoms with Gasteiger partial charge in [-0.2, -0.15) is 0 Å². The van der Waals surface area contributed by atoms with E-state index in [1.165, 1.54) is 7.11 Å². The van der Waals surface area contributed by atoms with Crippen LogP contribution in [0.1, 0.15) is 5.56 Å². The second-order valence-electron chi connectivity index (χ2n) is 2.41. The molecule has 0 saturated carbocycles. The van der Waals surface area contributed by atoms with Gasteiger partial charge < -0.3 is 5.02 Å². The predicted octanol–water partition coefficient (Wildman–Crippen LogP) is 0.827. The lowest BCUT2D eigenvalue weighted by Gasteiger charge is -2.03. The lowest BCUT2D eigenvalue weighted by atomic mass is 9.82. The largest absolute Gasteiger partial charge is 0.492 e. The van der Waals surface area contributed by atoms with Gasteiger partial charge in [-0.3, -0.25) is 9.69 Å². The van der Waals surface area contributed by atoms with Gasteiger partial charge in [0.05, 0.1) is 7.11 Å². The Balaban J connectivity index is 2.41. The normalized spacial score (nSPS) is 9.83. The molecule has 1 rings (SSSR count). The first-order valence-electron chi connectivity index (χ1n) is 3.74. The Morgan fingerprint density at radius 3 is 2.58 bits per heavy atom. The molecule has 0 bridgehead atoms. The average Bonchev–Trinajstić information content (AvgIpc) is 2.06. The third-order valence-corrected chi connectivity index (χ3v) is 1.46. The highest BCUT2D eigenvalue weighted by molar-refractivity contribution is 6.41. The molecule has 0 radical (unpaired) electrons. The lowest BCUT2D eigenvalue weighted by Crippen LogP contribution is -2.20. The third-order valence-electron chi connectivity index (χ3n) is 1.46. The van der Waals surface area contributed by atoms with Crippen LogP contribution in [0.15, 0.2) is 30.3 Å². The smallest absolute Gasteiger partial charge is 0.425 e. The van der Waals surface area contributed by atoms with E-state index in [9.17, 15) is 0 Å². The summed E-state index contributed by atoms with van der Waals surface area (Å²) < 4.78 is 0. The topological polar surface area (TPSA) is 38.7 Å². The first kappa shape index (κ1) is 9.25. The highest BCUT2D eigenvalue weighted by Gasteiger charge is 2.13. The summed E-state index contributed by atoms with van der Waals surface area (Å²) in [4.78, 5) is 8.83. The van der Waals surface area contributed by atoms with Crippen LogP contribution in [0, 0.1) is 0 Å². The maximum absolute atomic E-state index is 9.16. The maximum Gasteiger partial charge on any atom is 0.492 e. The summed E-state index contributed by atoms with van der Waals surface area (Å²) in [5, 5.41) is 9.16. The molecule has 1 N–H and O–H groups in total. The van der Waals surface area contributed by atoms with Crippen molar-refractivity contribution in [1.29, 1.82) is 0 Å². The molecule has 64 valence electrons. The number of rotatable bonds is 4. The fourth-order valence-electron chi connectivity index (χ4n) is 0.961. The van der Waals surface area contributed by atoms with Crippen molar-refractivity contribution in [2.75, 3.05) is 7.11 Å². The van der Waals surface area contributed by atoms with Crippen molar-refractivity contribution in [3.8, 4) is 0 Å². The summed E-state index contributed by atoms with van der Waals surface area (Å²) in [7, 11) is 0.478. The van der Waals surface area contributed by atoms with Crippen LogP contribution in [0.2, 0.25) is 0 Å². The highest BCUT2D eigenvalue weighted by Crippen LogP contribution is 2.01. The van der Waals surface area contributed by atoms with Gasteiger partial charge in [0.25, 0.3) is 0 Å². The first-order chi connectivity index (χ1) is 5.83. The number of hydrogen-bond acceptors (Lipinski definition) is 3. The van der Waals surface area contributed by atoms with Crippen LogP contribution in [0.5, 0.6) is 0 Å². The highest BCUT2D eigenvalue weighted by atomic mass is 17.2. The van der Waals surface area contributed by atoms with Gasteiger partial charge in [0.2, 0.25) is 0 Å². The first-order valence-corrected chi connectivity index (χ1v) is 3.74. The van der Waals surface area contributed by atoms with Crippen molar-refractivity contribution in [2.24, 2.45) is 0 Å². The van der Waals surface area contributed by atoms with E-state index in [4.69, 9.17) is 5.02 Å². The Morgan fingerprint density at radius 2 is 2.00 bits per heavy atom. The SMILES string of the molecule is COOB(O)Cc1ccccc1. The lowest BCUT2D eigenvalue weighted by molar-refractivity contribution is -0.196. The van der Waals surface area contributed by atoms with Crippen LogP contribution in [0.4, 0.5) is 0 Å². The number of benzene rings is 1. The summed E-state index contributed by atoms with van der Waals surface area (Å²) in [6.07, 6.45) is 0.439. The molecule has 3 nitrogen and oxygen atoms in total. The second-order valence-corrected chi connectivity index (χ2v) is 2.41. The summed E-state index contributed by atoms with van der Waals surface area (Å²) in [5.74, 6) is 0. The molecule has 1 aromatic rings. The zero-order valence-corrected chi connectivity index (χ0v) is 6.93. The zero-order chi connectivity index (χ0) is 8.81. The van der Waals surface area contributed by atoms with Gasteiger partial charge in [-0.25, -0.2) is 0 Å². The summed E-state index contributed by atoms with van der Waals surface area (Å²) >= 11 is 0. The van der Waals surface area contributed by atoms with E-state index in [1.54, 1.807) is 0 Å². The summed E-state index contributed by atoms with van der Waals surface area (Å²) in [6.45, 7) is 0. The molecule has 0 spiro atoms. The van der Waals surface area contributed by atoms with Crippen molar-refractivity contribution in [3.63, 3.8) is 0 Å². The zero-order valence-electron chi connectivity index (χ0n) is 6.93. The van der Waals surface area contributed by atoms with E-state index in [0.29, 0.717) is 6.32 Å². The van der Waals surface area contributed by atoms with E-state index in [-0.39, 0.29) is 0 Å². The second kappa shape index (κ2) is 4.93. The molecule has 1 aromatic carbocycles. The molecule has 0 aromatic heterocycles. The van der Waals surface area contributed by atoms with Crippen molar-refractivity contribution in [1.82, 2.24) is 0 Å². The molecule has 0 heterocycles. The van der Waals surface area contributed by atoms with Crippen molar-refractivity contribution in [2.45, 2.75) is 6.32 Å². The van der Waals surface area contributed by atoms with E-state index >= 15 is 0 Å².